The van der Waals surface area contributed by atoms with Crippen molar-refractivity contribution >= 4 is 12.1 Å². The van der Waals surface area contributed by atoms with Gasteiger partial charge in [-0.25, -0.2) is 14.8 Å². The summed E-state index contributed by atoms with van der Waals surface area (Å²) in [4.78, 5) is 22.0. The lowest BCUT2D eigenvalue weighted by molar-refractivity contribution is 0.0963. The van der Waals surface area contributed by atoms with Crippen LogP contribution in [0, 0.1) is 0 Å². The van der Waals surface area contributed by atoms with Gasteiger partial charge in [0.2, 0.25) is 0 Å². The summed E-state index contributed by atoms with van der Waals surface area (Å²) in [6.45, 7) is 4.86. The standard InChI is InChI=1S/C20H28N6O2/c1-2-28-20(27)26-9-6-18(7-10-26)24-19(21)23-13-16-4-3-5-17(12-16)14-25-11-8-22-15-25/h3-5,8,11-12,15,18H,2,6-7,9-10,13-14H2,1H3,(H3,21,23,24). The molecule has 0 spiro atoms. The van der Waals surface area contributed by atoms with Gasteiger partial charge in [0.05, 0.1) is 19.5 Å². The summed E-state index contributed by atoms with van der Waals surface area (Å²) in [6, 6.07) is 8.53. The summed E-state index contributed by atoms with van der Waals surface area (Å²) in [6.07, 6.45) is 6.95. The van der Waals surface area contributed by atoms with E-state index in [2.05, 4.69) is 27.4 Å². The van der Waals surface area contributed by atoms with E-state index in [-0.39, 0.29) is 12.1 Å². The molecule has 2 heterocycles. The van der Waals surface area contributed by atoms with Crippen molar-refractivity contribution in [1.82, 2.24) is 19.8 Å². The number of likely N-dealkylation sites (tertiary alicyclic amines) is 1. The van der Waals surface area contributed by atoms with Crippen molar-refractivity contribution in [2.45, 2.75) is 38.9 Å². The molecule has 0 atom stereocenters. The molecule has 8 nitrogen and oxygen atoms in total. The summed E-state index contributed by atoms with van der Waals surface area (Å²) in [7, 11) is 0. The molecule has 1 fully saturated rings. The van der Waals surface area contributed by atoms with Crippen LogP contribution in [0.5, 0.6) is 0 Å². The summed E-state index contributed by atoms with van der Waals surface area (Å²) < 4.78 is 7.07. The van der Waals surface area contributed by atoms with E-state index in [0.717, 1.165) is 24.9 Å². The summed E-state index contributed by atoms with van der Waals surface area (Å²) in [5, 5.41) is 3.27. The number of benzene rings is 1. The largest absolute Gasteiger partial charge is 0.450 e. The Morgan fingerprint density at radius 3 is 2.86 bits per heavy atom. The molecule has 0 saturated carbocycles. The van der Waals surface area contributed by atoms with Crippen molar-refractivity contribution in [3.8, 4) is 0 Å². The number of hydrogen-bond donors (Lipinski definition) is 2. The molecule has 8 heteroatoms. The molecule has 0 bridgehead atoms. The molecule has 1 aromatic heterocycles. The average molecular weight is 384 g/mol. The Labute approximate surface area is 165 Å². The Balaban J connectivity index is 1.46. The molecule has 28 heavy (non-hydrogen) atoms. The Morgan fingerprint density at radius 2 is 2.14 bits per heavy atom. The first-order valence-corrected chi connectivity index (χ1v) is 9.65. The van der Waals surface area contributed by atoms with Crippen LogP contribution in [-0.2, 0) is 17.8 Å². The number of nitrogens with two attached hydrogens (primary N) is 1. The van der Waals surface area contributed by atoms with E-state index in [4.69, 9.17) is 10.5 Å². The quantitative estimate of drug-likeness (QED) is 0.586. The molecular formula is C20H28N6O2. The van der Waals surface area contributed by atoms with Gasteiger partial charge in [-0.15, -0.1) is 0 Å². The third-order valence-electron chi connectivity index (χ3n) is 4.72. The van der Waals surface area contributed by atoms with Gasteiger partial charge in [-0.3, -0.25) is 0 Å². The van der Waals surface area contributed by atoms with E-state index < -0.39 is 0 Å². The monoisotopic (exact) mass is 384 g/mol. The minimum Gasteiger partial charge on any atom is -0.450 e. The Morgan fingerprint density at radius 1 is 1.36 bits per heavy atom. The molecule has 3 rings (SSSR count). The number of aliphatic imine (C=N–C) groups is 1. The molecule has 1 aliphatic heterocycles. The zero-order valence-corrected chi connectivity index (χ0v) is 16.3. The van der Waals surface area contributed by atoms with Crippen LogP contribution in [0.15, 0.2) is 48.0 Å². The van der Waals surface area contributed by atoms with Crippen molar-refractivity contribution in [2.75, 3.05) is 19.7 Å². The second kappa shape index (κ2) is 9.77. The number of nitrogens with zero attached hydrogens (tertiary/aromatic N) is 4. The molecule has 150 valence electrons. The zero-order chi connectivity index (χ0) is 19.8. The van der Waals surface area contributed by atoms with E-state index >= 15 is 0 Å². The predicted octanol–water partition coefficient (Wildman–Crippen LogP) is 1.96. The topological polar surface area (TPSA) is 97.8 Å². The van der Waals surface area contributed by atoms with Crippen LogP contribution in [0.25, 0.3) is 0 Å². The molecule has 0 unspecified atom stereocenters. The summed E-state index contributed by atoms with van der Waals surface area (Å²) >= 11 is 0. The second-order valence-corrected chi connectivity index (χ2v) is 6.86. The number of imidazole rings is 1. The highest BCUT2D eigenvalue weighted by molar-refractivity contribution is 5.78. The fourth-order valence-corrected chi connectivity index (χ4v) is 3.27. The van der Waals surface area contributed by atoms with Crippen LogP contribution >= 0.6 is 0 Å². The first kappa shape index (κ1) is 19.7. The molecule has 0 radical (unpaired) electrons. The van der Waals surface area contributed by atoms with Gasteiger partial charge in [0.25, 0.3) is 0 Å². The molecule has 0 aliphatic carbocycles. The third-order valence-corrected chi connectivity index (χ3v) is 4.72. The maximum atomic E-state index is 11.7. The van der Waals surface area contributed by atoms with Gasteiger partial charge in [-0.1, -0.05) is 24.3 Å². The normalized spacial score (nSPS) is 15.5. The fraction of sp³-hybridized carbons (Fsp3) is 0.450. The Bertz CT molecular complexity index is 782. The molecule has 1 saturated heterocycles. The smallest absolute Gasteiger partial charge is 0.409 e. The van der Waals surface area contributed by atoms with Crippen molar-refractivity contribution in [2.24, 2.45) is 10.7 Å². The first-order valence-electron chi connectivity index (χ1n) is 9.65. The Kier molecular flexibility index (Phi) is 6.89. The van der Waals surface area contributed by atoms with E-state index in [1.54, 1.807) is 17.4 Å². The number of guanidine groups is 1. The van der Waals surface area contributed by atoms with Crippen LogP contribution in [0.2, 0.25) is 0 Å². The highest BCUT2D eigenvalue weighted by Crippen LogP contribution is 2.12. The molecule has 1 amide bonds. The lowest BCUT2D eigenvalue weighted by Crippen LogP contribution is -2.48. The maximum absolute atomic E-state index is 11.7. The van der Waals surface area contributed by atoms with Crippen LogP contribution < -0.4 is 11.1 Å². The van der Waals surface area contributed by atoms with Gasteiger partial charge in [0.15, 0.2) is 5.96 Å². The average Bonchev–Trinajstić information content (AvgIpc) is 3.20. The number of nitrogens with one attached hydrogen (secondary N) is 1. The van der Waals surface area contributed by atoms with Crippen LogP contribution in [0.1, 0.15) is 30.9 Å². The number of rotatable bonds is 6. The van der Waals surface area contributed by atoms with Gasteiger partial charge in [0, 0.05) is 38.1 Å². The first-order chi connectivity index (χ1) is 13.6. The highest BCUT2D eigenvalue weighted by Gasteiger charge is 2.23. The highest BCUT2D eigenvalue weighted by atomic mass is 16.6. The summed E-state index contributed by atoms with van der Waals surface area (Å²) in [5.41, 5.74) is 8.37. The molecule has 1 aromatic carbocycles. The van der Waals surface area contributed by atoms with Gasteiger partial charge in [-0.2, -0.15) is 0 Å². The second-order valence-electron chi connectivity index (χ2n) is 6.86. The van der Waals surface area contributed by atoms with Gasteiger partial charge in [0.1, 0.15) is 0 Å². The van der Waals surface area contributed by atoms with Crippen LogP contribution in [-0.4, -0.2) is 52.2 Å². The molecule has 3 N–H and O–H groups in total. The lowest BCUT2D eigenvalue weighted by Gasteiger charge is -2.31. The van der Waals surface area contributed by atoms with E-state index in [1.807, 2.05) is 29.8 Å². The summed E-state index contributed by atoms with van der Waals surface area (Å²) in [5.74, 6) is 0.439. The fourth-order valence-electron chi connectivity index (χ4n) is 3.27. The number of aromatic nitrogens is 2. The van der Waals surface area contributed by atoms with Crippen molar-refractivity contribution in [3.63, 3.8) is 0 Å². The number of amides is 1. The minimum absolute atomic E-state index is 0.224. The van der Waals surface area contributed by atoms with Crippen LogP contribution in [0.4, 0.5) is 4.79 Å². The van der Waals surface area contributed by atoms with Crippen molar-refractivity contribution < 1.29 is 9.53 Å². The number of ether oxygens (including phenoxy) is 1. The van der Waals surface area contributed by atoms with Crippen molar-refractivity contribution in [1.29, 1.82) is 0 Å². The van der Waals surface area contributed by atoms with E-state index in [9.17, 15) is 4.79 Å². The molecular weight excluding hydrogens is 356 g/mol. The van der Waals surface area contributed by atoms with Gasteiger partial charge in [-0.05, 0) is 30.9 Å². The molecule has 1 aliphatic rings. The predicted molar refractivity (Wildman–Crippen MR) is 108 cm³/mol. The Hall–Kier alpha value is -3.03. The van der Waals surface area contributed by atoms with Crippen LogP contribution in [0.3, 0.4) is 0 Å². The van der Waals surface area contributed by atoms with E-state index in [0.29, 0.717) is 32.2 Å². The third kappa shape index (κ3) is 5.73. The number of carbonyl (C=O) groups is 1. The number of piperidine rings is 1. The molecule has 2 aromatic rings. The zero-order valence-electron chi connectivity index (χ0n) is 16.3. The lowest BCUT2D eigenvalue weighted by atomic mass is 10.1. The van der Waals surface area contributed by atoms with Gasteiger partial charge < -0.3 is 25.3 Å². The SMILES string of the molecule is CCOC(=O)N1CCC(NC(N)=NCc2cccc(Cn3ccnc3)c2)CC1. The number of carbonyl (C=O) groups excluding carboxylic acids is 1. The maximum Gasteiger partial charge on any atom is 0.409 e. The van der Waals surface area contributed by atoms with E-state index in [1.165, 1.54) is 5.56 Å². The van der Waals surface area contributed by atoms with Gasteiger partial charge >= 0.3 is 6.09 Å². The minimum atomic E-state index is -0.238. The van der Waals surface area contributed by atoms with Crippen molar-refractivity contribution in [3.05, 3.63) is 54.1 Å². The number of hydrogen-bond acceptors (Lipinski definition) is 4.